The fourth-order valence-electron chi connectivity index (χ4n) is 0.986. The minimum absolute atomic E-state index is 0.179. The summed E-state index contributed by atoms with van der Waals surface area (Å²) in [6.07, 6.45) is 1.50. The number of carbonyl (C=O) groups excluding carboxylic acids is 1. The maximum atomic E-state index is 11.0. The van der Waals surface area contributed by atoms with Crippen LogP contribution in [0.25, 0.3) is 0 Å². The lowest BCUT2D eigenvalue weighted by Crippen LogP contribution is -2.27. The van der Waals surface area contributed by atoms with Gasteiger partial charge in [-0.25, -0.2) is 4.79 Å². The molecule has 0 spiro atoms. The molecule has 1 heterocycles. The van der Waals surface area contributed by atoms with E-state index in [2.05, 4.69) is 15.0 Å². The molecule has 0 bridgehead atoms. The number of methoxy groups -OCH3 is 1. The van der Waals surface area contributed by atoms with Crippen molar-refractivity contribution in [2.24, 2.45) is 0 Å². The van der Waals surface area contributed by atoms with Gasteiger partial charge in [-0.15, -0.1) is 0 Å². The predicted molar refractivity (Wildman–Crippen MR) is 52.2 cm³/mol. The summed E-state index contributed by atoms with van der Waals surface area (Å²) in [5.74, 6) is -0.351. The zero-order chi connectivity index (χ0) is 10.6. The maximum Gasteiger partial charge on any atom is 0.327 e. The molecular formula is C9H12N2O3. The highest BCUT2D eigenvalue weighted by Crippen LogP contribution is 2.03. The zero-order valence-corrected chi connectivity index (χ0v) is 8.03. The first-order valence-electron chi connectivity index (χ1n) is 4.16. The summed E-state index contributed by atoms with van der Waals surface area (Å²) in [5.41, 5.74) is 0.490. The van der Waals surface area contributed by atoms with Crippen molar-refractivity contribution < 1.29 is 9.53 Å². The fraction of sp³-hybridized carbons (Fsp3) is 0.333. The van der Waals surface area contributed by atoms with Gasteiger partial charge in [-0.05, 0) is 13.0 Å². The quantitative estimate of drug-likeness (QED) is 0.684. The van der Waals surface area contributed by atoms with E-state index < -0.39 is 6.04 Å². The van der Waals surface area contributed by atoms with Gasteiger partial charge in [0.15, 0.2) is 0 Å². The molecule has 5 nitrogen and oxygen atoms in total. The number of rotatable bonds is 3. The Kier molecular flexibility index (Phi) is 3.28. The van der Waals surface area contributed by atoms with Crippen molar-refractivity contribution in [3.63, 3.8) is 0 Å². The van der Waals surface area contributed by atoms with Crippen LogP contribution < -0.4 is 10.9 Å². The van der Waals surface area contributed by atoms with Gasteiger partial charge in [0.25, 0.3) is 0 Å². The Morgan fingerprint density at radius 3 is 2.79 bits per heavy atom. The second kappa shape index (κ2) is 4.45. The number of nitrogens with one attached hydrogen (secondary N) is 2. The first-order chi connectivity index (χ1) is 6.63. The number of hydrogen-bond donors (Lipinski definition) is 2. The summed E-state index contributed by atoms with van der Waals surface area (Å²) in [6.45, 7) is 1.68. The van der Waals surface area contributed by atoms with Crippen LogP contribution in [0.15, 0.2) is 23.1 Å². The topological polar surface area (TPSA) is 71.2 Å². The lowest BCUT2D eigenvalue weighted by atomic mass is 10.3. The van der Waals surface area contributed by atoms with Crippen LogP contribution in [0.1, 0.15) is 6.92 Å². The second-order valence-electron chi connectivity index (χ2n) is 2.83. The second-order valence-corrected chi connectivity index (χ2v) is 2.83. The SMILES string of the molecule is COC(=O)C(C)Nc1ccc(=O)[nH]c1. The van der Waals surface area contributed by atoms with Gasteiger partial charge in [-0.3, -0.25) is 4.79 Å². The van der Waals surface area contributed by atoms with Crippen LogP contribution in [0.4, 0.5) is 5.69 Å². The number of ether oxygens (including phenoxy) is 1. The van der Waals surface area contributed by atoms with Crippen molar-refractivity contribution in [2.75, 3.05) is 12.4 Å². The van der Waals surface area contributed by atoms with E-state index in [1.54, 1.807) is 13.0 Å². The number of aromatic amines is 1. The largest absolute Gasteiger partial charge is 0.467 e. The van der Waals surface area contributed by atoms with E-state index >= 15 is 0 Å². The molecule has 1 aromatic rings. The fourth-order valence-corrected chi connectivity index (χ4v) is 0.986. The van der Waals surface area contributed by atoms with Crippen LogP contribution in [0, 0.1) is 0 Å². The van der Waals surface area contributed by atoms with Crippen molar-refractivity contribution in [2.45, 2.75) is 13.0 Å². The van der Waals surface area contributed by atoms with Gasteiger partial charge in [0.2, 0.25) is 5.56 Å². The lowest BCUT2D eigenvalue weighted by molar-refractivity contribution is -0.141. The molecule has 14 heavy (non-hydrogen) atoms. The third-order valence-electron chi connectivity index (χ3n) is 1.72. The van der Waals surface area contributed by atoms with Gasteiger partial charge in [0.1, 0.15) is 6.04 Å². The standard InChI is InChI=1S/C9H12N2O3/c1-6(9(13)14-2)11-7-3-4-8(12)10-5-7/h3-6,11H,1-2H3,(H,10,12). The number of aromatic nitrogens is 1. The van der Waals surface area contributed by atoms with E-state index in [-0.39, 0.29) is 11.5 Å². The van der Waals surface area contributed by atoms with Crippen molar-refractivity contribution in [3.05, 3.63) is 28.7 Å². The van der Waals surface area contributed by atoms with Crippen LogP contribution in [-0.2, 0) is 9.53 Å². The Morgan fingerprint density at radius 2 is 2.29 bits per heavy atom. The highest BCUT2D eigenvalue weighted by Gasteiger charge is 2.11. The number of pyridine rings is 1. The molecule has 0 aromatic carbocycles. The summed E-state index contributed by atoms with van der Waals surface area (Å²) >= 11 is 0. The summed E-state index contributed by atoms with van der Waals surface area (Å²) in [7, 11) is 1.33. The van der Waals surface area contributed by atoms with Crippen molar-refractivity contribution in [1.29, 1.82) is 0 Å². The molecule has 1 unspecified atom stereocenters. The summed E-state index contributed by atoms with van der Waals surface area (Å²) in [4.78, 5) is 24.2. The summed E-state index contributed by atoms with van der Waals surface area (Å²) in [6, 6.07) is 2.54. The first kappa shape index (κ1) is 10.3. The van der Waals surface area contributed by atoms with Gasteiger partial charge in [0.05, 0.1) is 12.8 Å². The zero-order valence-electron chi connectivity index (χ0n) is 8.03. The molecule has 1 rings (SSSR count). The van der Waals surface area contributed by atoms with Crippen molar-refractivity contribution in [1.82, 2.24) is 4.98 Å². The minimum Gasteiger partial charge on any atom is -0.467 e. The number of H-pyrrole nitrogens is 1. The molecule has 0 aliphatic rings. The predicted octanol–water partition coefficient (Wildman–Crippen LogP) is 0.348. The molecular weight excluding hydrogens is 184 g/mol. The number of carbonyl (C=O) groups is 1. The molecule has 0 amide bonds. The van der Waals surface area contributed by atoms with Crippen LogP contribution in [0.2, 0.25) is 0 Å². The van der Waals surface area contributed by atoms with E-state index in [1.807, 2.05) is 0 Å². The molecule has 1 atom stereocenters. The normalized spacial score (nSPS) is 11.9. The van der Waals surface area contributed by atoms with Crippen molar-refractivity contribution in [3.8, 4) is 0 Å². The van der Waals surface area contributed by atoms with E-state index in [1.165, 1.54) is 19.4 Å². The van der Waals surface area contributed by atoms with Crippen LogP contribution in [-0.4, -0.2) is 24.1 Å². The number of anilines is 1. The highest BCUT2D eigenvalue weighted by molar-refractivity contribution is 5.78. The molecule has 0 fully saturated rings. The third kappa shape index (κ3) is 2.62. The van der Waals surface area contributed by atoms with Crippen LogP contribution >= 0.6 is 0 Å². The Labute approximate surface area is 81.1 Å². The molecule has 2 N–H and O–H groups in total. The van der Waals surface area contributed by atoms with Gasteiger partial charge >= 0.3 is 5.97 Å². The van der Waals surface area contributed by atoms with E-state index in [0.717, 1.165) is 0 Å². The Morgan fingerprint density at radius 1 is 1.57 bits per heavy atom. The van der Waals surface area contributed by atoms with Crippen LogP contribution in [0.3, 0.4) is 0 Å². The average molecular weight is 196 g/mol. The van der Waals surface area contributed by atoms with Gasteiger partial charge in [-0.1, -0.05) is 0 Å². The maximum absolute atomic E-state index is 11.0. The molecule has 0 saturated heterocycles. The van der Waals surface area contributed by atoms with Gasteiger partial charge < -0.3 is 15.0 Å². The third-order valence-corrected chi connectivity index (χ3v) is 1.72. The van der Waals surface area contributed by atoms with Crippen LogP contribution in [0.5, 0.6) is 0 Å². The lowest BCUT2D eigenvalue weighted by Gasteiger charge is -2.11. The molecule has 0 radical (unpaired) electrons. The Bertz CT molecular complexity index is 352. The Balaban J connectivity index is 2.65. The minimum atomic E-state index is -0.439. The first-order valence-corrected chi connectivity index (χ1v) is 4.16. The van der Waals surface area contributed by atoms with Gasteiger partial charge in [0, 0.05) is 12.3 Å². The molecule has 0 aliphatic heterocycles. The smallest absolute Gasteiger partial charge is 0.327 e. The average Bonchev–Trinajstić information content (AvgIpc) is 2.20. The van der Waals surface area contributed by atoms with E-state index in [9.17, 15) is 9.59 Å². The summed E-state index contributed by atoms with van der Waals surface area (Å²) < 4.78 is 4.53. The van der Waals surface area contributed by atoms with Gasteiger partial charge in [-0.2, -0.15) is 0 Å². The molecule has 0 aliphatic carbocycles. The molecule has 0 saturated carbocycles. The Hall–Kier alpha value is -1.78. The monoisotopic (exact) mass is 196 g/mol. The molecule has 1 aromatic heterocycles. The number of esters is 1. The molecule has 5 heteroatoms. The summed E-state index contributed by atoms with van der Waals surface area (Å²) in [5, 5.41) is 2.88. The number of hydrogen-bond acceptors (Lipinski definition) is 4. The van der Waals surface area contributed by atoms with Crippen molar-refractivity contribution >= 4 is 11.7 Å². The molecule has 76 valence electrons. The highest BCUT2D eigenvalue weighted by atomic mass is 16.5. The van der Waals surface area contributed by atoms with E-state index in [4.69, 9.17) is 0 Å². The van der Waals surface area contributed by atoms with E-state index in [0.29, 0.717) is 5.69 Å².